The predicted octanol–water partition coefficient (Wildman–Crippen LogP) is 4.27. The maximum Gasteiger partial charge on any atom is 0.470 e. The highest BCUT2D eigenvalue weighted by molar-refractivity contribution is 7.89. The van der Waals surface area contributed by atoms with Gasteiger partial charge in [-0.25, -0.2) is 8.42 Å². The van der Waals surface area contributed by atoms with Crippen molar-refractivity contribution in [2.24, 2.45) is 0 Å². The van der Waals surface area contributed by atoms with Crippen molar-refractivity contribution in [2.75, 3.05) is 13.1 Å². The van der Waals surface area contributed by atoms with Gasteiger partial charge in [0.15, 0.2) is 0 Å². The van der Waals surface area contributed by atoms with Gasteiger partial charge in [0, 0.05) is 18.1 Å². The zero-order valence-corrected chi connectivity index (χ0v) is 16.3. The number of hydrogen-bond acceptors (Lipinski definition) is 5. The Morgan fingerprint density at radius 3 is 2.56 bits per heavy atom. The highest BCUT2D eigenvalue weighted by Crippen LogP contribution is 2.35. The number of hydrogen-bond donors (Lipinski definition) is 0. The Morgan fingerprint density at radius 2 is 1.93 bits per heavy atom. The largest absolute Gasteiger partial charge is 0.470 e. The zero-order valence-electron chi connectivity index (χ0n) is 13.9. The molecule has 1 aromatic carbocycles. The van der Waals surface area contributed by atoms with Gasteiger partial charge in [0.2, 0.25) is 15.9 Å². The lowest BCUT2D eigenvalue weighted by atomic mass is 10.00. The van der Waals surface area contributed by atoms with Crippen molar-refractivity contribution in [2.45, 2.75) is 36.8 Å². The van der Waals surface area contributed by atoms with Crippen molar-refractivity contribution < 1.29 is 26.0 Å². The van der Waals surface area contributed by atoms with Gasteiger partial charge in [0.25, 0.3) is 0 Å². The van der Waals surface area contributed by atoms with Gasteiger partial charge in [-0.1, -0.05) is 23.2 Å². The Labute approximate surface area is 163 Å². The molecule has 3 rings (SSSR count). The van der Waals surface area contributed by atoms with Crippen molar-refractivity contribution in [1.29, 1.82) is 0 Å². The molecular weight excluding hydrogens is 430 g/mol. The minimum atomic E-state index is -4.75. The monoisotopic (exact) mass is 443 g/mol. The molecule has 1 fully saturated rings. The van der Waals surface area contributed by atoms with Gasteiger partial charge in [-0.05, 0) is 37.5 Å². The number of halogens is 5. The van der Waals surface area contributed by atoms with Crippen LogP contribution in [0.15, 0.2) is 21.4 Å². The molecule has 1 aromatic heterocycles. The van der Waals surface area contributed by atoms with Crippen molar-refractivity contribution >= 4 is 33.2 Å². The minimum Gasteiger partial charge on any atom is -0.417 e. The van der Waals surface area contributed by atoms with E-state index in [1.54, 1.807) is 6.92 Å². The quantitative estimate of drug-likeness (QED) is 0.707. The molecule has 0 N–H and O–H groups in total. The summed E-state index contributed by atoms with van der Waals surface area (Å²) >= 11 is 12.0. The maximum atomic E-state index is 13.0. The van der Waals surface area contributed by atoms with Crippen LogP contribution in [0.25, 0.3) is 0 Å². The fourth-order valence-electron chi connectivity index (χ4n) is 2.84. The van der Waals surface area contributed by atoms with Crippen molar-refractivity contribution in [1.82, 2.24) is 14.5 Å². The topological polar surface area (TPSA) is 76.3 Å². The summed E-state index contributed by atoms with van der Waals surface area (Å²) in [6.07, 6.45) is -3.89. The number of nitrogens with zero attached hydrogens (tertiary/aromatic N) is 3. The molecule has 0 bridgehead atoms. The zero-order chi connectivity index (χ0) is 20.0. The van der Waals surface area contributed by atoms with E-state index in [2.05, 4.69) is 10.2 Å². The number of alkyl halides is 3. The first kappa shape index (κ1) is 20.4. The lowest BCUT2D eigenvalue weighted by molar-refractivity contribution is -0.157. The summed E-state index contributed by atoms with van der Waals surface area (Å²) in [7, 11) is -3.96. The van der Waals surface area contributed by atoms with E-state index >= 15 is 0 Å². The SMILES string of the molecule is Cc1cc(S(=O)(=O)N2CCC[C@@H](c3nnc(C(F)(F)F)o3)C2)c(Cl)cc1Cl. The Morgan fingerprint density at radius 1 is 1.22 bits per heavy atom. The maximum absolute atomic E-state index is 13.0. The molecule has 1 aliphatic heterocycles. The van der Waals surface area contributed by atoms with Gasteiger partial charge >= 0.3 is 12.1 Å². The standard InChI is InChI=1S/C15H14Cl2F3N3O3S/c1-8-5-12(11(17)6-10(8)16)27(24,25)23-4-2-3-9(7-23)13-21-22-14(26-13)15(18,19)20/h5-6,9H,2-4,7H2,1H3/t9-/m1/s1. The molecule has 148 valence electrons. The molecule has 27 heavy (non-hydrogen) atoms. The summed E-state index contributed by atoms with van der Waals surface area (Å²) in [6.45, 7) is 1.77. The second kappa shape index (κ2) is 7.23. The van der Waals surface area contributed by atoms with E-state index in [0.717, 1.165) is 4.31 Å². The van der Waals surface area contributed by atoms with Gasteiger partial charge in [0.05, 0.1) is 10.9 Å². The highest BCUT2D eigenvalue weighted by Gasteiger charge is 2.40. The Kier molecular flexibility index (Phi) is 5.46. The van der Waals surface area contributed by atoms with Crippen LogP contribution in [0.4, 0.5) is 13.2 Å². The van der Waals surface area contributed by atoms with Crippen LogP contribution < -0.4 is 0 Å². The number of benzene rings is 1. The van der Waals surface area contributed by atoms with E-state index in [4.69, 9.17) is 27.6 Å². The number of piperidine rings is 1. The Balaban J connectivity index is 1.87. The van der Waals surface area contributed by atoms with Crippen molar-refractivity contribution in [3.05, 3.63) is 39.5 Å². The van der Waals surface area contributed by atoms with Crippen LogP contribution >= 0.6 is 23.2 Å². The van der Waals surface area contributed by atoms with Crippen LogP contribution in [-0.4, -0.2) is 36.0 Å². The first-order chi connectivity index (χ1) is 12.5. The van der Waals surface area contributed by atoms with Gasteiger partial charge in [-0.15, -0.1) is 10.2 Å². The van der Waals surface area contributed by atoms with Crippen LogP contribution in [0, 0.1) is 6.92 Å². The third-order valence-electron chi connectivity index (χ3n) is 4.25. The summed E-state index contributed by atoms with van der Waals surface area (Å²) in [5.74, 6) is -2.32. The van der Waals surface area contributed by atoms with Gasteiger partial charge in [0.1, 0.15) is 4.90 Å². The number of aryl methyl sites for hydroxylation is 1. The minimum absolute atomic E-state index is 0.0233. The molecule has 6 nitrogen and oxygen atoms in total. The number of sulfonamides is 1. The summed E-state index contributed by atoms with van der Waals surface area (Å²) < 4.78 is 69.7. The molecule has 0 amide bonds. The predicted molar refractivity (Wildman–Crippen MR) is 91.2 cm³/mol. The summed E-state index contributed by atoms with van der Waals surface area (Å²) in [4.78, 5) is -0.103. The van der Waals surface area contributed by atoms with Crippen molar-refractivity contribution in [3.8, 4) is 0 Å². The molecule has 12 heteroatoms. The molecule has 1 aliphatic rings. The van der Waals surface area contributed by atoms with Gasteiger partial charge < -0.3 is 4.42 Å². The molecule has 2 aromatic rings. The summed E-state index contributed by atoms with van der Waals surface area (Å²) in [5, 5.41) is 6.75. The first-order valence-electron chi connectivity index (χ1n) is 7.86. The van der Waals surface area contributed by atoms with Crippen LogP contribution in [0.1, 0.15) is 36.1 Å². The van der Waals surface area contributed by atoms with E-state index in [1.807, 2.05) is 0 Å². The van der Waals surface area contributed by atoms with Crippen LogP contribution in [-0.2, 0) is 16.2 Å². The molecule has 0 spiro atoms. The Hall–Kier alpha value is -1.36. The normalized spacial score (nSPS) is 19.4. The third-order valence-corrected chi connectivity index (χ3v) is 6.98. The fraction of sp³-hybridized carbons (Fsp3) is 0.467. The van der Waals surface area contributed by atoms with Crippen LogP contribution in [0.2, 0.25) is 10.0 Å². The van der Waals surface area contributed by atoms with E-state index in [1.165, 1.54) is 12.1 Å². The smallest absolute Gasteiger partial charge is 0.417 e. The molecule has 2 heterocycles. The average molecular weight is 444 g/mol. The number of rotatable bonds is 3. The highest BCUT2D eigenvalue weighted by atomic mass is 35.5. The van der Waals surface area contributed by atoms with E-state index < -0.39 is 28.0 Å². The third kappa shape index (κ3) is 4.08. The first-order valence-corrected chi connectivity index (χ1v) is 10.1. The lowest BCUT2D eigenvalue weighted by Gasteiger charge is -2.30. The molecule has 1 atom stereocenters. The second-order valence-corrected chi connectivity index (χ2v) is 8.90. The van der Waals surface area contributed by atoms with Gasteiger partial charge in [-0.2, -0.15) is 17.5 Å². The molecule has 1 saturated heterocycles. The molecular formula is C15H14Cl2F3N3O3S. The molecule has 0 unspecified atom stereocenters. The van der Waals surface area contributed by atoms with Crippen LogP contribution in [0.5, 0.6) is 0 Å². The number of aromatic nitrogens is 2. The lowest BCUT2D eigenvalue weighted by Crippen LogP contribution is -2.39. The van der Waals surface area contributed by atoms with Crippen LogP contribution in [0.3, 0.4) is 0 Å². The van der Waals surface area contributed by atoms with E-state index in [9.17, 15) is 21.6 Å². The molecule has 0 aliphatic carbocycles. The van der Waals surface area contributed by atoms with E-state index in [0.29, 0.717) is 23.4 Å². The van der Waals surface area contributed by atoms with Gasteiger partial charge in [-0.3, -0.25) is 0 Å². The summed E-state index contributed by atoms with van der Waals surface area (Å²) in [6, 6.07) is 2.72. The molecule has 0 saturated carbocycles. The van der Waals surface area contributed by atoms with Crippen molar-refractivity contribution in [3.63, 3.8) is 0 Å². The average Bonchev–Trinajstić information content (AvgIpc) is 3.08. The Bertz CT molecular complexity index is 963. The fourth-order valence-corrected chi connectivity index (χ4v) is 5.17. The summed E-state index contributed by atoms with van der Waals surface area (Å²) in [5.41, 5.74) is 0.542. The van der Waals surface area contributed by atoms with E-state index in [-0.39, 0.29) is 28.9 Å². The second-order valence-electron chi connectivity index (χ2n) is 6.18. The molecule has 0 radical (unpaired) electrons.